The van der Waals surface area contributed by atoms with E-state index in [-0.39, 0.29) is 29.5 Å². The van der Waals surface area contributed by atoms with E-state index in [0.29, 0.717) is 12.0 Å². The van der Waals surface area contributed by atoms with E-state index >= 15 is 0 Å². The lowest BCUT2D eigenvalue weighted by molar-refractivity contribution is -0.173. The zero-order chi connectivity index (χ0) is 23.0. The van der Waals surface area contributed by atoms with Gasteiger partial charge in [0, 0.05) is 7.11 Å². The highest BCUT2D eigenvalue weighted by Crippen LogP contribution is 2.42. The van der Waals surface area contributed by atoms with Crippen LogP contribution in [0.4, 0.5) is 4.39 Å². The number of aliphatic hydroxyl groups excluding tert-OH is 1. The molecule has 0 spiro atoms. The van der Waals surface area contributed by atoms with Gasteiger partial charge >= 0.3 is 0 Å². The lowest BCUT2D eigenvalue weighted by Gasteiger charge is -2.42. The van der Waals surface area contributed by atoms with Crippen LogP contribution in [0.5, 0.6) is 5.75 Å². The largest absolute Gasteiger partial charge is 0.508 e. The lowest BCUT2D eigenvalue weighted by atomic mass is 9.80. The summed E-state index contributed by atoms with van der Waals surface area (Å²) in [7, 11) is 2.93. The number of carbonyl (C=O) groups excluding carboxylic acids is 1. The maximum Gasteiger partial charge on any atom is 0.200 e. The quantitative estimate of drug-likeness (QED) is 0.692. The van der Waals surface area contributed by atoms with E-state index in [1.165, 1.54) is 20.3 Å². The molecular formula is C25H29FO5. The number of Topliss-reactive ketones (excluding diaryl/α,β-unsaturated/α-hetero) is 1. The van der Waals surface area contributed by atoms with Crippen molar-refractivity contribution in [2.24, 2.45) is 0 Å². The summed E-state index contributed by atoms with van der Waals surface area (Å²) < 4.78 is 30.1. The number of ether oxygens (including phenoxy) is 3. The molecule has 0 aliphatic carbocycles. The van der Waals surface area contributed by atoms with Crippen molar-refractivity contribution in [3.63, 3.8) is 0 Å². The number of methoxy groups -OCH3 is 2. The Morgan fingerprint density at radius 1 is 1.06 bits per heavy atom. The van der Waals surface area contributed by atoms with E-state index in [9.17, 15) is 14.3 Å². The molecule has 166 valence electrons. The number of carbonyl (C=O) groups is 1. The van der Waals surface area contributed by atoms with Gasteiger partial charge in [0.15, 0.2) is 17.2 Å². The average molecular weight is 429 g/mol. The first-order chi connectivity index (χ1) is 14.6. The molecule has 0 fully saturated rings. The fourth-order valence-corrected chi connectivity index (χ4v) is 4.10. The van der Waals surface area contributed by atoms with Gasteiger partial charge in [-0.05, 0) is 61.6 Å². The van der Waals surface area contributed by atoms with Crippen LogP contribution in [-0.4, -0.2) is 42.9 Å². The highest BCUT2D eigenvalue weighted by atomic mass is 19.1. The maximum atomic E-state index is 13.8. The van der Waals surface area contributed by atoms with Crippen LogP contribution < -0.4 is 4.74 Å². The van der Waals surface area contributed by atoms with Gasteiger partial charge < -0.3 is 19.3 Å². The van der Waals surface area contributed by atoms with Crippen LogP contribution in [0.25, 0.3) is 16.7 Å². The second-order valence-corrected chi connectivity index (χ2v) is 8.40. The summed E-state index contributed by atoms with van der Waals surface area (Å²) in [5, 5.41) is 11.0. The minimum Gasteiger partial charge on any atom is -0.508 e. The molecule has 0 saturated carbocycles. The zero-order valence-electron chi connectivity index (χ0n) is 18.8. The normalized spacial score (nSPS) is 20.8. The van der Waals surface area contributed by atoms with E-state index in [4.69, 9.17) is 14.2 Å². The third-order valence-electron chi connectivity index (χ3n) is 5.65. The summed E-state index contributed by atoms with van der Waals surface area (Å²) in [5.41, 5.74) is 1.17. The summed E-state index contributed by atoms with van der Waals surface area (Å²) >= 11 is 0. The molecule has 3 rings (SSSR count). The highest BCUT2D eigenvalue weighted by Gasteiger charge is 2.50. The summed E-state index contributed by atoms with van der Waals surface area (Å²) in [6, 6.07) is 10.3. The summed E-state index contributed by atoms with van der Waals surface area (Å²) in [6.07, 6.45) is 0.633. The Balaban J connectivity index is 2.15. The molecule has 0 saturated heterocycles. The van der Waals surface area contributed by atoms with Crippen molar-refractivity contribution in [2.45, 2.75) is 45.3 Å². The van der Waals surface area contributed by atoms with Crippen molar-refractivity contribution in [3.05, 3.63) is 59.1 Å². The van der Waals surface area contributed by atoms with Crippen LogP contribution in [0, 0.1) is 5.82 Å². The van der Waals surface area contributed by atoms with Crippen molar-refractivity contribution in [2.75, 3.05) is 20.8 Å². The van der Waals surface area contributed by atoms with Gasteiger partial charge in [0.1, 0.15) is 11.4 Å². The van der Waals surface area contributed by atoms with Gasteiger partial charge in [0.2, 0.25) is 5.78 Å². The summed E-state index contributed by atoms with van der Waals surface area (Å²) in [4.78, 5) is 13.4. The molecule has 1 aliphatic heterocycles. The van der Waals surface area contributed by atoms with E-state index in [0.717, 1.165) is 16.7 Å². The van der Waals surface area contributed by atoms with Crippen LogP contribution in [0.1, 0.15) is 38.8 Å². The smallest absolute Gasteiger partial charge is 0.200 e. The minimum absolute atomic E-state index is 0.0704. The van der Waals surface area contributed by atoms with Gasteiger partial charge in [-0.3, -0.25) is 4.79 Å². The van der Waals surface area contributed by atoms with Crippen LogP contribution >= 0.6 is 0 Å². The van der Waals surface area contributed by atoms with Crippen LogP contribution in [0.15, 0.2) is 42.2 Å². The van der Waals surface area contributed by atoms with Crippen LogP contribution in [0.2, 0.25) is 0 Å². The number of aliphatic hydroxyl groups is 1. The van der Waals surface area contributed by atoms with Gasteiger partial charge in [0.25, 0.3) is 0 Å². The maximum absolute atomic E-state index is 13.8. The fourth-order valence-electron chi connectivity index (χ4n) is 4.10. The fraction of sp³-hybridized carbons (Fsp3) is 0.400. The average Bonchev–Trinajstić information content (AvgIpc) is 2.73. The minimum atomic E-state index is -1.21. The first-order valence-corrected chi connectivity index (χ1v) is 10.2. The second-order valence-electron chi connectivity index (χ2n) is 8.40. The van der Waals surface area contributed by atoms with Gasteiger partial charge in [-0.25, -0.2) is 4.39 Å². The summed E-state index contributed by atoms with van der Waals surface area (Å²) in [6.45, 7) is 7.19. The number of ketones is 1. The van der Waals surface area contributed by atoms with Crippen LogP contribution in [-0.2, 0) is 20.7 Å². The number of aryl methyl sites for hydroxylation is 1. The van der Waals surface area contributed by atoms with E-state index in [1.54, 1.807) is 32.9 Å². The van der Waals surface area contributed by atoms with E-state index < -0.39 is 17.0 Å². The molecule has 6 heteroatoms. The number of benzene rings is 2. The lowest BCUT2D eigenvalue weighted by Crippen LogP contribution is -2.53. The van der Waals surface area contributed by atoms with Gasteiger partial charge in [-0.1, -0.05) is 31.2 Å². The predicted octanol–water partition coefficient (Wildman–Crippen LogP) is 5.12. The number of hydrogen-bond donors (Lipinski definition) is 1. The third-order valence-corrected chi connectivity index (χ3v) is 5.65. The zero-order valence-corrected chi connectivity index (χ0v) is 18.8. The molecule has 0 amide bonds. The number of hydrogen-bond acceptors (Lipinski definition) is 5. The van der Waals surface area contributed by atoms with Crippen LogP contribution in [0.3, 0.4) is 0 Å². The third kappa shape index (κ3) is 4.10. The second kappa shape index (κ2) is 8.44. The molecule has 0 bridgehead atoms. The van der Waals surface area contributed by atoms with Crippen molar-refractivity contribution in [1.82, 2.24) is 0 Å². The molecule has 1 N–H and O–H groups in total. The molecule has 1 aliphatic rings. The molecule has 0 aromatic heterocycles. The molecular weight excluding hydrogens is 399 g/mol. The van der Waals surface area contributed by atoms with Gasteiger partial charge in [-0.2, -0.15) is 0 Å². The molecule has 1 heterocycles. The number of rotatable bonds is 6. The van der Waals surface area contributed by atoms with E-state index in [2.05, 4.69) is 0 Å². The Bertz CT molecular complexity index is 1040. The van der Waals surface area contributed by atoms with E-state index in [1.807, 2.05) is 25.1 Å². The van der Waals surface area contributed by atoms with Crippen molar-refractivity contribution >= 4 is 11.4 Å². The molecule has 31 heavy (non-hydrogen) atoms. The molecule has 0 radical (unpaired) electrons. The number of halogens is 1. The molecule has 5 nitrogen and oxygen atoms in total. The highest BCUT2D eigenvalue weighted by molar-refractivity contribution is 6.26. The van der Waals surface area contributed by atoms with Crippen molar-refractivity contribution in [1.29, 1.82) is 0 Å². The first kappa shape index (κ1) is 23.0. The predicted molar refractivity (Wildman–Crippen MR) is 118 cm³/mol. The Kier molecular flexibility index (Phi) is 6.25. The molecule has 1 atom stereocenters. The molecule has 2 aromatic carbocycles. The monoisotopic (exact) mass is 428 g/mol. The molecule has 2 aromatic rings. The topological polar surface area (TPSA) is 65.0 Å². The molecule has 1 unspecified atom stereocenters. The Labute approximate surface area is 182 Å². The summed E-state index contributed by atoms with van der Waals surface area (Å²) in [5.74, 6) is -0.688. The SMILES string of the molecule is CCc1cc(-c2ccc(F)c(OC)c2)ccc1C1=C(O)C(C)(C)OC(C)(COC)C1=O. The van der Waals surface area contributed by atoms with Gasteiger partial charge in [-0.15, -0.1) is 0 Å². The Morgan fingerprint density at radius 2 is 1.71 bits per heavy atom. The van der Waals surface area contributed by atoms with Gasteiger partial charge in [0.05, 0.1) is 19.3 Å². The first-order valence-electron chi connectivity index (χ1n) is 10.2. The van der Waals surface area contributed by atoms with Crippen molar-refractivity contribution in [3.8, 4) is 16.9 Å². The standard InChI is InChI=1S/C25H29FO5/c1-7-15-12-16(17-9-11-19(26)20(13-17)30-6)8-10-18(15)21-22(27)24(2,3)31-25(4,14-29-5)23(21)28/h8-13,27H,7,14H2,1-6H3. The Morgan fingerprint density at radius 3 is 2.32 bits per heavy atom. The van der Waals surface area contributed by atoms with Crippen molar-refractivity contribution < 1.29 is 28.5 Å². The Hall–Kier alpha value is -2.70.